The zero-order valence-electron chi connectivity index (χ0n) is 11.4. The summed E-state index contributed by atoms with van der Waals surface area (Å²) in [4.78, 5) is 25.2. The first-order valence-corrected chi connectivity index (χ1v) is 5.97. The average Bonchev–Trinajstić information content (AvgIpc) is 2.37. The standard InChI is InChI=1S/C14H20N2O2/c1-10-5-7-12(8-6-10)14(18)11(2)16(4)9-13(17)15-3/h5-8,11H,9H2,1-4H3,(H,15,17). The van der Waals surface area contributed by atoms with Crippen molar-refractivity contribution in [2.75, 3.05) is 20.6 Å². The van der Waals surface area contributed by atoms with Crippen LogP contribution in [-0.4, -0.2) is 43.3 Å². The number of likely N-dealkylation sites (N-methyl/N-ethyl adjacent to an activating group) is 2. The Morgan fingerprint density at radius 3 is 2.33 bits per heavy atom. The average molecular weight is 248 g/mol. The van der Waals surface area contributed by atoms with Crippen LogP contribution in [0.25, 0.3) is 0 Å². The number of hydrogen-bond donors (Lipinski definition) is 1. The highest BCUT2D eigenvalue weighted by Crippen LogP contribution is 2.09. The molecule has 1 rings (SSSR count). The molecule has 0 spiro atoms. The van der Waals surface area contributed by atoms with Gasteiger partial charge >= 0.3 is 0 Å². The monoisotopic (exact) mass is 248 g/mol. The van der Waals surface area contributed by atoms with Gasteiger partial charge in [-0.25, -0.2) is 0 Å². The first kappa shape index (κ1) is 14.4. The van der Waals surface area contributed by atoms with Gasteiger partial charge in [-0.15, -0.1) is 0 Å². The Morgan fingerprint density at radius 2 is 1.83 bits per heavy atom. The summed E-state index contributed by atoms with van der Waals surface area (Å²) in [7, 11) is 3.36. The predicted molar refractivity (Wildman–Crippen MR) is 71.7 cm³/mol. The molecule has 1 N–H and O–H groups in total. The normalized spacial score (nSPS) is 12.3. The second-order valence-corrected chi connectivity index (χ2v) is 4.49. The van der Waals surface area contributed by atoms with Gasteiger partial charge in [0.2, 0.25) is 5.91 Å². The fourth-order valence-electron chi connectivity index (χ4n) is 1.60. The quantitative estimate of drug-likeness (QED) is 0.798. The molecule has 18 heavy (non-hydrogen) atoms. The molecule has 0 radical (unpaired) electrons. The van der Waals surface area contributed by atoms with E-state index >= 15 is 0 Å². The van der Waals surface area contributed by atoms with Crippen LogP contribution < -0.4 is 5.32 Å². The first-order chi connectivity index (χ1) is 8.45. The van der Waals surface area contributed by atoms with Gasteiger partial charge < -0.3 is 5.32 Å². The van der Waals surface area contributed by atoms with Gasteiger partial charge in [-0.1, -0.05) is 29.8 Å². The van der Waals surface area contributed by atoms with Crippen LogP contribution >= 0.6 is 0 Å². The Hall–Kier alpha value is -1.68. The molecule has 0 bridgehead atoms. The number of amides is 1. The second kappa shape index (κ2) is 6.31. The van der Waals surface area contributed by atoms with Crippen LogP contribution in [0.1, 0.15) is 22.8 Å². The lowest BCUT2D eigenvalue weighted by Gasteiger charge is -2.22. The summed E-state index contributed by atoms with van der Waals surface area (Å²) in [5, 5.41) is 2.55. The lowest BCUT2D eigenvalue weighted by molar-refractivity contribution is -0.121. The highest BCUT2D eigenvalue weighted by atomic mass is 16.2. The fraction of sp³-hybridized carbons (Fsp3) is 0.429. The van der Waals surface area contributed by atoms with Crippen molar-refractivity contribution in [1.29, 1.82) is 0 Å². The molecule has 0 aliphatic carbocycles. The van der Waals surface area contributed by atoms with E-state index in [9.17, 15) is 9.59 Å². The zero-order valence-corrected chi connectivity index (χ0v) is 11.4. The van der Waals surface area contributed by atoms with E-state index in [1.54, 1.807) is 19.0 Å². The summed E-state index contributed by atoms with van der Waals surface area (Å²) >= 11 is 0. The van der Waals surface area contributed by atoms with Crippen LogP contribution in [0.3, 0.4) is 0 Å². The number of nitrogens with zero attached hydrogens (tertiary/aromatic N) is 1. The van der Waals surface area contributed by atoms with Crippen molar-refractivity contribution in [3.63, 3.8) is 0 Å². The molecule has 0 aliphatic rings. The number of ketones is 1. The molecule has 0 heterocycles. The maximum Gasteiger partial charge on any atom is 0.233 e. The van der Waals surface area contributed by atoms with E-state index in [1.165, 1.54) is 0 Å². The Labute approximate surface area is 108 Å². The lowest BCUT2D eigenvalue weighted by atomic mass is 10.0. The van der Waals surface area contributed by atoms with E-state index in [4.69, 9.17) is 0 Å². The van der Waals surface area contributed by atoms with Crippen LogP contribution in [0, 0.1) is 6.92 Å². The van der Waals surface area contributed by atoms with E-state index in [0.717, 1.165) is 5.56 Å². The summed E-state index contributed by atoms with van der Waals surface area (Å²) in [5.41, 5.74) is 1.80. The topological polar surface area (TPSA) is 49.4 Å². The summed E-state index contributed by atoms with van der Waals surface area (Å²) in [6, 6.07) is 7.16. The van der Waals surface area contributed by atoms with E-state index in [2.05, 4.69) is 5.32 Å². The summed E-state index contributed by atoms with van der Waals surface area (Å²) < 4.78 is 0. The van der Waals surface area contributed by atoms with E-state index in [1.807, 2.05) is 38.1 Å². The molecule has 1 aromatic rings. The van der Waals surface area contributed by atoms with Crippen LogP contribution in [0.5, 0.6) is 0 Å². The van der Waals surface area contributed by atoms with Crippen LogP contribution in [-0.2, 0) is 4.79 Å². The van der Waals surface area contributed by atoms with Crippen molar-refractivity contribution < 1.29 is 9.59 Å². The Balaban J connectivity index is 2.71. The SMILES string of the molecule is CNC(=O)CN(C)C(C)C(=O)c1ccc(C)cc1. The third-order valence-corrected chi connectivity index (χ3v) is 3.05. The number of nitrogens with one attached hydrogen (secondary N) is 1. The molecule has 98 valence electrons. The fourth-order valence-corrected chi connectivity index (χ4v) is 1.60. The van der Waals surface area contributed by atoms with E-state index < -0.39 is 0 Å². The summed E-state index contributed by atoms with van der Waals surface area (Å²) in [6.45, 7) is 4.01. The van der Waals surface area contributed by atoms with Gasteiger partial charge in [0.05, 0.1) is 12.6 Å². The number of Topliss-reactive ketones (excluding diaryl/α,β-unsaturated/α-hetero) is 1. The van der Waals surface area contributed by atoms with Crippen molar-refractivity contribution >= 4 is 11.7 Å². The second-order valence-electron chi connectivity index (χ2n) is 4.49. The van der Waals surface area contributed by atoms with Crippen LogP contribution in [0.15, 0.2) is 24.3 Å². The molecule has 0 aliphatic heterocycles. The van der Waals surface area contributed by atoms with Gasteiger partial charge in [0.25, 0.3) is 0 Å². The van der Waals surface area contributed by atoms with E-state index in [0.29, 0.717) is 5.56 Å². The number of benzene rings is 1. The lowest BCUT2D eigenvalue weighted by Crippen LogP contribution is -2.42. The molecule has 1 unspecified atom stereocenters. The van der Waals surface area contributed by atoms with Gasteiger partial charge in [-0.05, 0) is 20.9 Å². The molecule has 1 amide bonds. The minimum Gasteiger partial charge on any atom is -0.358 e. The van der Waals surface area contributed by atoms with Crippen molar-refractivity contribution in [3.05, 3.63) is 35.4 Å². The number of carbonyl (C=O) groups is 2. The van der Waals surface area contributed by atoms with Gasteiger partial charge in [0.1, 0.15) is 0 Å². The highest BCUT2D eigenvalue weighted by molar-refractivity contribution is 6.00. The van der Waals surface area contributed by atoms with Crippen molar-refractivity contribution in [1.82, 2.24) is 10.2 Å². The van der Waals surface area contributed by atoms with Gasteiger partial charge in [0, 0.05) is 12.6 Å². The molecular weight excluding hydrogens is 228 g/mol. The molecule has 4 heteroatoms. The van der Waals surface area contributed by atoms with Gasteiger partial charge in [-0.2, -0.15) is 0 Å². The third-order valence-electron chi connectivity index (χ3n) is 3.05. The number of hydrogen-bond acceptors (Lipinski definition) is 3. The third kappa shape index (κ3) is 3.67. The van der Waals surface area contributed by atoms with Crippen molar-refractivity contribution in [2.24, 2.45) is 0 Å². The van der Waals surface area contributed by atoms with E-state index in [-0.39, 0.29) is 24.3 Å². The maximum absolute atomic E-state index is 12.2. The molecule has 4 nitrogen and oxygen atoms in total. The molecule has 1 aromatic carbocycles. The number of aryl methyl sites for hydroxylation is 1. The maximum atomic E-state index is 12.2. The predicted octanol–water partition coefficient (Wildman–Crippen LogP) is 1.24. The number of carbonyl (C=O) groups excluding carboxylic acids is 2. The molecular formula is C14H20N2O2. The van der Waals surface area contributed by atoms with Gasteiger partial charge in [0.15, 0.2) is 5.78 Å². The van der Waals surface area contributed by atoms with Crippen molar-refractivity contribution in [2.45, 2.75) is 19.9 Å². The first-order valence-electron chi connectivity index (χ1n) is 5.97. The van der Waals surface area contributed by atoms with Crippen molar-refractivity contribution in [3.8, 4) is 0 Å². The minimum atomic E-state index is -0.315. The molecule has 1 atom stereocenters. The van der Waals surface area contributed by atoms with Gasteiger partial charge in [-0.3, -0.25) is 14.5 Å². The summed E-state index contributed by atoms with van der Waals surface area (Å²) in [6.07, 6.45) is 0. The number of rotatable bonds is 5. The highest BCUT2D eigenvalue weighted by Gasteiger charge is 2.20. The zero-order chi connectivity index (χ0) is 13.7. The smallest absolute Gasteiger partial charge is 0.233 e. The largest absolute Gasteiger partial charge is 0.358 e. The Kier molecular flexibility index (Phi) is 5.04. The van der Waals surface area contributed by atoms with Crippen LogP contribution in [0.2, 0.25) is 0 Å². The molecule has 0 saturated heterocycles. The summed E-state index contributed by atoms with van der Waals surface area (Å²) in [5.74, 6) is -0.0672. The molecule has 0 fully saturated rings. The molecule has 0 saturated carbocycles. The Bertz CT molecular complexity index is 426. The minimum absolute atomic E-state index is 0.0291. The van der Waals surface area contributed by atoms with Crippen LogP contribution in [0.4, 0.5) is 0 Å². The Morgan fingerprint density at radius 1 is 1.28 bits per heavy atom. The molecule has 0 aromatic heterocycles.